The molecule has 0 bridgehead atoms. The lowest BCUT2D eigenvalue weighted by Crippen LogP contribution is -2.25. The molecule has 0 aliphatic heterocycles. The first-order chi connectivity index (χ1) is 12.3. The molecule has 1 amide bonds. The fraction of sp³-hybridized carbons (Fsp3) is 0.188. The van der Waals surface area contributed by atoms with Crippen molar-refractivity contribution in [2.75, 3.05) is 6.54 Å². The molecule has 0 atom stereocenters. The lowest BCUT2D eigenvalue weighted by Gasteiger charge is -2.06. The SMILES string of the molecule is O=C(NCCc1cccs1)c1ccc(-c2noc(C(F)(F)F)n2)c(F)c1. The van der Waals surface area contributed by atoms with Crippen molar-refractivity contribution < 1.29 is 26.9 Å². The summed E-state index contributed by atoms with van der Waals surface area (Å²) >= 11 is 1.56. The normalized spacial score (nSPS) is 11.5. The minimum atomic E-state index is -4.82. The molecule has 1 aromatic carbocycles. The summed E-state index contributed by atoms with van der Waals surface area (Å²) in [7, 11) is 0. The lowest BCUT2D eigenvalue weighted by molar-refractivity contribution is -0.159. The minimum absolute atomic E-state index is 0.0389. The van der Waals surface area contributed by atoms with E-state index in [1.165, 1.54) is 6.07 Å². The van der Waals surface area contributed by atoms with Crippen molar-refractivity contribution in [3.05, 3.63) is 57.9 Å². The van der Waals surface area contributed by atoms with Gasteiger partial charge >= 0.3 is 12.1 Å². The second-order valence-corrected chi connectivity index (χ2v) is 6.23. The summed E-state index contributed by atoms with van der Waals surface area (Å²) in [5, 5.41) is 7.70. The van der Waals surface area contributed by atoms with Gasteiger partial charge in [0.15, 0.2) is 0 Å². The van der Waals surface area contributed by atoms with Gasteiger partial charge in [0.25, 0.3) is 5.91 Å². The highest BCUT2D eigenvalue weighted by Crippen LogP contribution is 2.30. The van der Waals surface area contributed by atoms with E-state index in [-0.39, 0.29) is 11.1 Å². The standard InChI is InChI=1S/C16H11F4N3O2S/c17-12-8-9(14(24)21-6-5-10-2-1-7-26-10)3-4-11(12)13-22-15(25-23-13)16(18,19)20/h1-4,7-8H,5-6H2,(H,21,24). The van der Waals surface area contributed by atoms with E-state index in [9.17, 15) is 22.4 Å². The van der Waals surface area contributed by atoms with Crippen LogP contribution < -0.4 is 5.32 Å². The quantitative estimate of drug-likeness (QED) is 0.676. The third kappa shape index (κ3) is 4.07. The number of halogens is 4. The van der Waals surface area contributed by atoms with Crippen LogP contribution >= 0.6 is 11.3 Å². The average molecular weight is 385 g/mol. The van der Waals surface area contributed by atoms with Gasteiger partial charge in [-0.3, -0.25) is 4.79 Å². The van der Waals surface area contributed by atoms with Gasteiger partial charge in [0.2, 0.25) is 5.82 Å². The number of hydrogen-bond donors (Lipinski definition) is 1. The van der Waals surface area contributed by atoms with E-state index in [1.807, 2.05) is 17.5 Å². The Morgan fingerprint density at radius 1 is 1.27 bits per heavy atom. The maximum Gasteiger partial charge on any atom is 0.471 e. The largest absolute Gasteiger partial charge is 0.471 e. The summed E-state index contributed by atoms with van der Waals surface area (Å²) in [6.45, 7) is 0.377. The van der Waals surface area contributed by atoms with E-state index < -0.39 is 29.6 Å². The fourth-order valence-electron chi connectivity index (χ4n) is 2.14. The van der Waals surface area contributed by atoms with Crippen LogP contribution in [0, 0.1) is 5.82 Å². The summed E-state index contributed by atoms with van der Waals surface area (Å²) in [5.41, 5.74) is -0.253. The van der Waals surface area contributed by atoms with E-state index in [4.69, 9.17) is 0 Å². The van der Waals surface area contributed by atoms with Crippen LogP contribution in [-0.2, 0) is 12.6 Å². The van der Waals surface area contributed by atoms with Crippen LogP contribution in [0.5, 0.6) is 0 Å². The van der Waals surface area contributed by atoms with Gasteiger partial charge in [-0.25, -0.2) is 4.39 Å². The molecule has 0 spiro atoms. The number of amides is 1. The van der Waals surface area contributed by atoms with Gasteiger partial charge in [-0.15, -0.1) is 11.3 Å². The van der Waals surface area contributed by atoms with Crippen LogP contribution in [0.4, 0.5) is 17.6 Å². The number of nitrogens with zero attached hydrogens (tertiary/aromatic N) is 2. The molecule has 0 fully saturated rings. The van der Waals surface area contributed by atoms with Crippen molar-refractivity contribution >= 4 is 17.2 Å². The third-order valence-corrected chi connectivity index (χ3v) is 4.31. The van der Waals surface area contributed by atoms with E-state index in [0.717, 1.165) is 17.0 Å². The number of carbonyl (C=O) groups is 1. The van der Waals surface area contributed by atoms with Crippen molar-refractivity contribution in [2.24, 2.45) is 0 Å². The molecular formula is C16H11F4N3O2S. The molecule has 5 nitrogen and oxygen atoms in total. The lowest BCUT2D eigenvalue weighted by atomic mass is 10.1. The molecule has 3 rings (SSSR count). The Bertz CT molecular complexity index is 907. The number of thiophene rings is 1. The molecule has 26 heavy (non-hydrogen) atoms. The Hall–Kier alpha value is -2.75. The molecule has 10 heteroatoms. The first kappa shape index (κ1) is 18.1. The molecular weight excluding hydrogens is 374 g/mol. The third-order valence-electron chi connectivity index (χ3n) is 3.38. The Morgan fingerprint density at radius 3 is 2.69 bits per heavy atom. The topological polar surface area (TPSA) is 68.0 Å². The van der Waals surface area contributed by atoms with Gasteiger partial charge in [0.05, 0.1) is 5.56 Å². The molecule has 2 aromatic heterocycles. The summed E-state index contributed by atoms with van der Waals surface area (Å²) < 4.78 is 55.6. The van der Waals surface area contributed by atoms with Crippen molar-refractivity contribution in [2.45, 2.75) is 12.6 Å². The molecule has 0 saturated heterocycles. The highest BCUT2D eigenvalue weighted by Gasteiger charge is 2.38. The second kappa shape index (κ2) is 7.24. The predicted octanol–water partition coefficient (Wildman–Crippen LogP) is 3.93. The number of aromatic nitrogens is 2. The van der Waals surface area contributed by atoms with E-state index in [0.29, 0.717) is 13.0 Å². The zero-order valence-corrected chi connectivity index (χ0v) is 13.8. The molecule has 0 unspecified atom stereocenters. The summed E-state index contributed by atoms with van der Waals surface area (Å²) in [6, 6.07) is 7.17. The fourth-order valence-corrected chi connectivity index (χ4v) is 2.85. The van der Waals surface area contributed by atoms with E-state index in [2.05, 4.69) is 20.0 Å². The Labute approximate surface area is 148 Å². The number of carbonyl (C=O) groups excluding carboxylic acids is 1. The van der Waals surface area contributed by atoms with E-state index in [1.54, 1.807) is 11.3 Å². The molecule has 0 aliphatic rings. The molecule has 1 N–H and O–H groups in total. The highest BCUT2D eigenvalue weighted by molar-refractivity contribution is 7.09. The minimum Gasteiger partial charge on any atom is -0.352 e. The monoisotopic (exact) mass is 385 g/mol. The van der Waals surface area contributed by atoms with Crippen molar-refractivity contribution in [3.63, 3.8) is 0 Å². The van der Waals surface area contributed by atoms with Gasteiger partial charge in [-0.2, -0.15) is 18.2 Å². The second-order valence-electron chi connectivity index (χ2n) is 5.20. The molecule has 0 radical (unpaired) electrons. The molecule has 136 valence electrons. The van der Waals surface area contributed by atoms with E-state index >= 15 is 0 Å². The Kier molecular flexibility index (Phi) is 5.03. The first-order valence-corrected chi connectivity index (χ1v) is 8.24. The van der Waals surface area contributed by atoms with Crippen molar-refractivity contribution in [3.8, 4) is 11.4 Å². The zero-order chi connectivity index (χ0) is 18.7. The molecule has 2 heterocycles. The maximum atomic E-state index is 14.2. The van der Waals surface area contributed by atoms with Gasteiger partial charge in [-0.05, 0) is 36.1 Å². The van der Waals surface area contributed by atoms with Crippen LogP contribution in [0.2, 0.25) is 0 Å². The van der Waals surface area contributed by atoms with Gasteiger partial charge in [0.1, 0.15) is 5.82 Å². The number of hydrogen-bond acceptors (Lipinski definition) is 5. The highest BCUT2D eigenvalue weighted by atomic mass is 32.1. The molecule has 0 saturated carbocycles. The molecule has 3 aromatic rings. The number of rotatable bonds is 5. The van der Waals surface area contributed by atoms with Crippen molar-refractivity contribution in [1.29, 1.82) is 0 Å². The number of nitrogens with one attached hydrogen (secondary N) is 1. The van der Waals surface area contributed by atoms with Gasteiger partial charge in [0, 0.05) is 17.0 Å². The molecule has 0 aliphatic carbocycles. The Morgan fingerprint density at radius 2 is 2.08 bits per heavy atom. The number of alkyl halides is 3. The van der Waals surface area contributed by atoms with Gasteiger partial charge < -0.3 is 9.84 Å². The smallest absolute Gasteiger partial charge is 0.352 e. The van der Waals surface area contributed by atoms with Crippen LogP contribution in [0.25, 0.3) is 11.4 Å². The zero-order valence-electron chi connectivity index (χ0n) is 13.0. The summed E-state index contributed by atoms with van der Waals surface area (Å²) in [6.07, 6.45) is -4.17. The average Bonchev–Trinajstić information content (AvgIpc) is 3.25. The summed E-state index contributed by atoms with van der Waals surface area (Å²) in [5.74, 6) is -3.52. The van der Waals surface area contributed by atoms with Crippen LogP contribution in [0.1, 0.15) is 21.1 Å². The van der Waals surface area contributed by atoms with Crippen molar-refractivity contribution in [1.82, 2.24) is 15.5 Å². The maximum absolute atomic E-state index is 14.2. The predicted molar refractivity (Wildman–Crippen MR) is 85.1 cm³/mol. The van der Waals surface area contributed by atoms with Crippen LogP contribution in [-0.4, -0.2) is 22.6 Å². The first-order valence-electron chi connectivity index (χ1n) is 7.36. The number of benzene rings is 1. The summed E-state index contributed by atoms with van der Waals surface area (Å²) in [4.78, 5) is 16.3. The van der Waals surface area contributed by atoms with Gasteiger partial charge in [-0.1, -0.05) is 11.2 Å². The van der Waals surface area contributed by atoms with Crippen LogP contribution in [0.15, 0.2) is 40.2 Å². The van der Waals surface area contributed by atoms with Crippen LogP contribution in [0.3, 0.4) is 0 Å². The Balaban J connectivity index is 1.68.